The van der Waals surface area contributed by atoms with Crippen molar-refractivity contribution in [2.24, 2.45) is 11.3 Å². The number of aliphatic carboxylic acids is 1. The first-order valence-corrected chi connectivity index (χ1v) is 7.78. The van der Waals surface area contributed by atoms with Crippen molar-refractivity contribution >= 4 is 5.97 Å². The molecule has 0 bridgehead atoms. The lowest BCUT2D eigenvalue weighted by molar-refractivity contribution is -0.169. The summed E-state index contributed by atoms with van der Waals surface area (Å²) in [6.45, 7) is 1.77. The molecule has 1 aliphatic carbocycles. The minimum Gasteiger partial charge on any atom is -0.481 e. The Morgan fingerprint density at radius 1 is 1.39 bits per heavy atom. The van der Waals surface area contributed by atoms with Gasteiger partial charge in [-0.25, -0.2) is 4.98 Å². The van der Waals surface area contributed by atoms with Crippen molar-refractivity contribution in [3.63, 3.8) is 0 Å². The summed E-state index contributed by atoms with van der Waals surface area (Å²) in [4.78, 5) is 15.8. The van der Waals surface area contributed by atoms with Crippen LogP contribution in [0.1, 0.15) is 25.3 Å². The molecule has 1 aliphatic rings. The molecule has 2 aromatic rings. The number of nitrogens with zero attached hydrogens (tertiary/aromatic N) is 3. The Labute approximate surface area is 134 Å². The molecule has 1 heterocycles. The monoisotopic (exact) mass is 315 g/mol. The smallest absolute Gasteiger partial charge is 0.312 e. The van der Waals surface area contributed by atoms with E-state index in [1.807, 2.05) is 30.3 Å². The molecule has 3 atom stereocenters. The van der Waals surface area contributed by atoms with Crippen LogP contribution >= 0.6 is 0 Å². The maximum atomic E-state index is 11.9. The highest BCUT2D eigenvalue weighted by Crippen LogP contribution is 2.52. The van der Waals surface area contributed by atoms with Gasteiger partial charge in [0.05, 0.1) is 12.0 Å². The van der Waals surface area contributed by atoms with E-state index in [0.29, 0.717) is 19.3 Å². The predicted octanol–water partition coefficient (Wildman–Crippen LogP) is 1.75. The van der Waals surface area contributed by atoms with Gasteiger partial charge in [0.2, 0.25) is 0 Å². The van der Waals surface area contributed by atoms with Crippen molar-refractivity contribution in [3.8, 4) is 0 Å². The van der Waals surface area contributed by atoms with Crippen molar-refractivity contribution in [3.05, 3.63) is 48.5 Å². The van der Waals surface area contributed by atoms with E-state index in [9.17, 15) is 15.0 Å². The predicted molar refractivity (Wildman–Crippen MR) is 83.6 cm³/mol. The summed E-state index contributed by atoms with van der Waals surface area (Å²) in [6.07, 6.45) is 4.67. The number of aromatic nitrogens is 3. The summed E-state index contributed by atoms with van der Waals surface area (Å²) >= 11 is 0. The molecule has 0 unspecified atom stereocenters. The van der Waals surface area contributed by atoms with Gasteiger partial charge in [0.15, 0.2) is 0 Å². The van der Waals surface area contributed by atoms with E-state index < -0.39 is 17.0 Å². The van der Waals surface area contributed by atoms with Crippen LogP contribution in [0.3, 0.4) is 0 Å². The molecule has 1 aromatic carbocycles. The lowest BCUT2D eigenvalue weighted by Gasteiger charge is -2.40. The van der Waals surface area contributed by atoms with Crippen LogP contribution in [0, 0.1) is 11.3 Å². The molecule has 0 amide bonds. The molecule has 0 aliphatic heterocycles. The second-order valence-electron chi connectivity index (χ2n) is 6.58. The molecule has 23 heavy (non-hydrogen) atoms. The second-order valence-corrected chi connectivity index (χ2v) is 6.58. The minimum absolute atomic E-state index is 0.132. The average Bonchev–Trinajstić information content (AvgIpc) is 3.11. The quantitative estimate of drug-likeness (QED) is 0.877. The van der Waals surface area contributed by atoms with Gasteiger partial charge >= 0.3 is 5.97 Å². The van der Waals surface area contributed by atoms with Crippen LogP contribution in [-0.4, -0.2) is 36.5 Å². The summed E-state index contributed by atoms with van der Waals surface area (Å²) in [5, 5.41) is 25.2. The fraction of sp³-hybridized carbons (Fsp3) is 0.471. The highest BCUT2D eigenvalue weighted by molar-refractivity contribution is 5.76. The van der Waals surface area contributed by atoms with E-state index in [1.165, 1.54) is 17.3 Å². The highest BCUT2D eigenvalue weighted by Gasteiger charge is 2.61. The number of carboxylic acids is 1. The number of carboxylic acid groups (broad SMARTS) is 1. The number of carbonyl (C=O) groups is 1. The molecular weight excluding hydrogens is 294 g/mol. The Hall–Kier alpha value is -2.21. The Balaban J connectivity index is 1.93. The molecule has 2 N–H and O–H groups in total. The molecule has 1 aromatic heterocycles. The van der Waals surface area contributed by atoms with Crippen LogP contribution in [0.2, 0.25) is 0 Å². The molecule has 6 heteroatoms. The van der Waals surface area contributed by atoms with Gasteiger partial charge < -0.3 is 10.2 Å². The first-order valence-electron chi connectivity index (χ1n) is 7.78. The van der Waals surface area contributed by atoms with Crippen LogP contribution in [0.4, 0.5) is 0 Å². The minimum atomic E-state index is -1.37. The van der Waals surface area contributed by atoms with Gasteiger partial charge in [-0.05, 0) is 37.7 Å². The van der Waals surface area contributed by atoms with Crippen molar-refractivity contribution in [2.45, 2.75) is 38.3 Å². The Bertz CT molecular complexity index is 674. The van der Waals surface area contributed by atoms with E-state index >= 15 is 0 Å². The number of rotatable bonds is 5. The van der Waals surface area contributed by atoms with Gasteiger partial charge in [-0.2, -0.15) is 5.10 Å². The zero-order chi connectivity index (χ0) is 16.5. The molecular formula is C17H21N3O3. The summed E-state index contributed by atoms with van der Waals surface area (Å²) < 4.78 is 1.52. The van der Waals surface area contributed by atoms with Crippen LogP contribution in [0.5, 0.6) is 0 Å². The maximum absolute atomic E-state index is 11.9. The fourth-order valence-electron chi connectivity index (χ4n) is 3.70. The van der Waals surface area contributed by atoms with E-state index in [-0.39, 0.29) is 12.5 Å². The third kappa shape index (κ3) is 2.63. The third-order valence-electron chi connectivity index (χ3n) is 5.29. The summed E-state index contributed by atoms with van der Waals surface area (Å²) in [5.74, 6) is -1.11. The van der Waals surface area contributed by atoms with Gasteiger partial charge in [-0.3, -0.25) is 9.48 Å². The lowest BCUT2D eigenvalue weighted by Crippen LogP contribution is -2.54. The van der Waals surface area contributed by atoms with Crippen LogP contribution < -0.4 is 0 Å². The standard InChI is InChI=1S/C17H21N3O3/c1-16(15(21)22)8-7-14(9-13-5-3-2-4-6-13)17(16,23)10-20-12-18-11-19-20/h2-6,11-12,14,23H,7-10H2,1H3,(H,21,22)/t14-,16+,17-/m0/s1. The van der Waals surface area contributed by atoms with E-state index in [2.05, 4.69) is 10.1 Å². The van der Waals surface area contributed by atoms with Crippen LogP contribution in [0.25, 0.3) is 0 Å². The molecule has 0 saturated heterocycles. The average molecular weight is 315 g/mol. The molecule has 1 saturated carbocycles. The summed E-state index contributed by atoms with van der Waals surface area (Å²) in [5.41, 5.74) is -1.47. The molecule has 122 valence electrons. The van der Waals surface area contributed by atoms with Gasteiger partial charge in [-0.1, -0.05) is 30.3 Å². The van der Waals surface area contributed by atoms with Crippen molar-refractivity contribution in [1.82, 2.24) is 14.8 Å². The first-order chi connectivity index (χ1) is 11.0. The molecule has 0 spiro atoms. The van der Waals surface area contributed by atoms with Gasteiger partial charge in [0.25, 0.3) is 0 Å². The number of hydrogen-bond acceptors (Lipinski definition) is 4. The topological polar surface area (TPSA) is 88.2 Å². The largest absolute Gasteiger partial charge is 0.481 e. The van der Waals surface area contributed by atoms with Crippen LogP contribution in [0.15, 0.2) is 43.0 Å². The van der Waals surface area contributed by atoms with Crippen molar-refractivity contribution in [1.29, 1.82) is 0 Å². The second kappa shape index (κ2) is 5.77. The molecule has 3 rings (SSSR count). The van der Waals surface area contributed by atoms with E-state index in [0.717, 1.165) is 5.56 Å². The van der Waals surface area contributed by atoms with Crippen molar-refractivity contribution < 1.29 is 15.0 Å². The molecule has 0 radical (unpaired) electrons. The van der Waals surface area contributed by atoms with Crippen molar-refractivity contribution in [2.75, 3.05) is 0 Å². The summed E-state index contributed by atoms with van der Waals surface area (Å²) in [6, 6.07) is 9.87. The fourth-order valence-corrected chi connectivity index (χ4v) is 3.70. The number of hydrogen-bond donors (Lipinski definition) is 2. The zero-order valence-electron chi connectivity index (χ0n) is 13.1. The van der Waals surface area contributed by atoms with E-state index in [1.54, 1.807) is 6.92 Å². The highest BCUT2D eigenvalue weighted by atomic mass is 16.4. The normalized spacial score (nSPS) is 30.4. The Morgan fingerprint density at radius 3 is 2.74 bits per heavy atom. The number of aliphatic hydroxyl groups is 1. The van der Waals surface area contributed by atoms with E-state index in [4.69, 9.17) is 0 Å². The van der Waals surface area contributed by atoms with Gasteiger partial charge in [0, 0.05) is 0 Å². The Morgan fingerprint density at radius 2 is 2.13 bits per heavy atom. The van der Waals surface area contributed by atoms with Gasteiger partial charge in [0.1, 0.15) is 18.3 Å². The Kier molecular flexibility index (Phi) is 3.93. The van der Waals surface area contributed by atoms with Gasteiger partial charge in [-0.15, -0.1) is 0 Å². The SMILES string of the molecule is C[C@]1(C(=O)O)CC[C@@H](Cc2ccccc2)[C@@]1(O)Cn1cncn1. The maximum Gasteiger partial charge on any atom is 0.312 e. The molecule has 6 nitrogen and oxygen atoms in total. The molecule has 1 fully saturated rings. The zero-order valence-corrected chi connectivity index (χ0v) is 13.1. The van der Waals surface area contributed by atoms with Crippen LogP contribution in [-0.2, 0) is 17.8 Å². The number of benzene rings is 1. The lowest BCUT2D eigenvalue weighted by atomic mass is 9.71. The first kappa shape index (κ1) is 15.7. The third-order valence-corrected chi connectivity index (χ3v) is 5.29. The summed E-state index contributed by atoms with van der Waals surface area (Å²) in [7, 11) is 0.